The number of rotatable bonds is 7. The molecule has 1 aliphatic carbocycles. The molecule has 1 aromatic heterocycles. The van der Waals surface area contributed by atoms with E-state index in [-0.39, 0.29) is 11.8 Å². The summed E-state index contributed by atoms with van der Waals surface area (Å²) in [4.78, 5) is 33.7. The van der Waals surface area contributed by atoms with Crippen molar-refractivity contribution in [1.82, 2.24) is 9.97 Å². The Morgan fingerprint density at radius 2 is 1.81 bits per heavy atom. The van der Waals surface area contributed by atoms with Crippen LogP contribution in [0, 0.1) is 5.92 Å². The van der Waals surface area contributed by atoms with Gasteiger partial charge in [-0.3, -0.25) is 4.79 Å². The number of imidazole rings is 1. The van der Waals surface area contributed by atoms with Gasteiger partial charge in [0, 0.05) is 17.7 Å². The van der Waals surface area contributed by atoms with Gasteiger partial charge in [0.15, 0.2) is 0 Å². The first-order chi connectivity index (χ1) is 18.0. The molecule has 0 saturated heterocycles. The largest absolute Gasteiger partial charge is 0.478 e. The van der Waals surface area contributed by atoms with E-state index < -0.39 is 12.5 Å². The molecule has 0 spiro atoms. The standard InChI is InChI=1S/C30H29N3O3/c34-29(35)16-11-21-5-4-8-26(17-21)33(30(36)24-6-2-1-3-7-24)19-22-9-12-23(13-10-22)25-14-15-27-28(18-25)32-20-31-27/h4-5,8-18,20,24H,1-3,6-7,19H2,(H,31,32)(H,34,35)/b16-11+/i19D. The number of carbonyl (C=O) groups is 2. The summed E-state index contributed by atoms with van der Waals surface area (Å²) in [6.07, 6.45) is 9.07. The molecule has 6 heteroatoms. The normalized spacial score (nSPS) is 15.6. The van der Waals surface area contributed by atoms with Crippen LogP contribution < -0.4 is 4.90 Å². The maximum absolute atomic E-state index is 13.8. The zero-order chi connectivity index (χ0) is 25.8. The minimum Gasteiger partial charge on any atom is -0.478 e. The maximum atomic E-state index is 13.8. The molecule has 1 heterocycles. The van der Waals surface area contributed by atoms with E-state index >= 15 is 0 Å². The van der Waals surface area contributed by atoms with E-state index in [1.54, 1.807) is 29.4 Å². The smallest absolute Gasteiger partial charge is 0.328 e. The Morgan fingerprint density at radius 1 is 1.03 bits per heavy atom. The highest BCUT2D eigenvalue weighted by molar-refractivity contribution is 5.95. The molecule has 4 aromatic rings. The Hall–Kier alpha value is -4.19. The monoisotopic (exact) mass is 480 g/mol. The first-order valence-corrected chi connectivity index (χ1v) is 12.3. The summed E-state index contributed by atoms with van der Waals surface area (Å²) in [6, 6.07) is 21.0. The fourth-order valence-corrected chi connectivity index (χ4v) is 4.78. The minimum absolute atomic E-state index is 0.0483. The third-order valence-corrected chi connectivity index (χ3v) is 6.70. The van der Waals surface area contributed by atoms with Gasteiger partial charge < -0.3 is 15.0 Å². The topological polar surface area (TPSA) is 86.3 Å². The van der Waals surface area contributed by atoms with Gasteiger partial charge in [0.1, 0.15) is 0 Å². The number of amides is 1. The van der Waals surface area contributed by atoms with Gasteiger partial charge >= 0.3 is 5.97 Å². The van der Waals surface area contributed by atoms with E-state index in [1.807, 2.05) is 48.5 Å². The number of nitrogens with zero attached hydrogens (tertiary/aromatic N) is 2. The van der Waals surface area contributed by atoms with Crippen LogP contribution >= 0.6 is 0 Å². The lowest BCUT2D eigenvalue weighted by atomic mass is 9.88. The van der Waals surface area contributed by atoms with Gasteiger partial charge in [-0.05, 0) is 65.4 Å². The predicted molar refractivity (Wildman–Crippen MR) is 142 cm³/mol. The van der Waals surface area contributed by atoms with Crippen LogP contribution in [-0.2, 0) is 16.1 Å². The number of aromatic amines is 1. The number of hydrogen-bond acceptors (Lipinski definition) is 3. The van der Waals surface area contributed by atoms with Crippen molar-refractivity contribution in [1.29, 1.82) is 0 Å². The van der Waals surface area contributed by atoms with Crippen molar-refractivity contribution in [3.63, 3.8) is 0 Å². The number of fused-ring (bicyclic) bond motifs is 1. The van der Waals surface area contributed by atoms with Crippen molar-refractivity contribution in [2.24, 2.45) is 5.92 Å². The summed E-state index contributed by atoms with van der Waals surface area (Å²) in [5.74, 6) is -1.20. The molecule has 1 fully saturated rings. The molecule has 36 heavy (non-hydrogen) atoms. The van der Waals surface area contributed by atoms with Crippen molar-refractivity contribution in [2.75, 3.05) is 4.90 Å². The lowest BCUT2D eigenvalue weighted by Gasteiger charge is -2.30. The highest BCUT2D eigenvalue weighted by Gasteiger charge is 2.27. The van der Waals surface area contributed by atoms with Crippen molar-refractivity contribution in [3.05, 3.63) is 90.3 Å². The Balaban J connectivity index is 1.46. The van der Waals surface area contributed by atoms with Crippen LogP contribution in [0.1, 0.15) is 44.6 Å². The number of carboxylic acids is 1. The molecule has 1 amide bonds. The van der Waals surface area contributed by atoms with Gasteiger partial charge in [-0.15, -0.1) is 0 Å². The third-order valence-electron chi connectivity index (χ3n) is 6.70. The summed E-state index contributed by atoms with van der Waals surface area (Å²) in [5, 5.41) is 9.01. The molecule has 0 bridgehead atoms. The zero-order valence-corrected chi connectivity index (χ0v) is 19.9. The number of carboxylic acid groups (broad SMARTS) is 1. The van der Waals surface area contributed by atoms with Crippen LogP contribution in [0.2, 0.25) is 0 Å². The third kappa shape index (κ3) is 5.38. The van der Waals surface area contributed by atoms with Crippen molar-refractivity contribution in [3.8, 4) is 11.1 Å². The Kier molecular flexibility index (Phi) is 6.56. The Labute approximate surface area is 211 Å². The number of H-pyrrole nitrogens is 1. The number of aliphatic carboxylic acids is 1. The van der Waals surface area contributed by atoms with Crippen molar-refractivity contribution >= 4 is 34.7 Å². The van der Waals surface area contributed by atoms with E-state index in [4.69, 9.17) is 6.48 Å². The SMILES string of the molecule is [2H]C(c1ccc(-c2ccc3nc[nH]c3c2)cc1)N(C(=O)C1CCCCC1)c1cccc(/C=C/C(=O)O)c1. The lowest BCUT2D eigenvalue weighted by molar-refractivity contribution is -0.131. The second kappa shape index (κ2) is 10.6. The molecule has 1 unspecified atom stereocenters. The van der Waals surface area contributed by atoms with Crippen molar-refractivity contribution in [2.45, 2.75) is 38.6 Å². The van der Waals surface area contributed by atoms with Gasteiger partial charge in [0.05, 0.1) is 25.3 Å². The molecular formula is C30H29N3O3. The quantitative estimate of drug-likeness (QED) is 0.298. The molecular weight excluding hydrogens is 450 g/mol. The first-order valence-electron chi connectivity index (χ1n) is 12.9. The minimum atomic E-state index is -1.04. The molecule has 1 saturated carbocycles. The van der Waals surface area contributed by atoms with Crippen LogP contribution in [0.25, 0.3) is 28.2 Å². The summed E-state index contributed by atoms with van der Waals surface area (Å²) < 4.78 is 9.14. The number of hydrogen-bond donors (Lipinski definition) is 2. The molecule has 3 aromatic carbocycles. The molecule has 1 aliphatic rings. The number of aromatic nitrogens is 2. The highest BCUT2D eigenvalue weighted by atomic mass is 16.4. The van der Waals surface area contributed by atoms with Gasteiger partial charge in [-0.2, -0.15) is 0 Å². The van der Waals surface area contributed by atoms with Crippen LogP contribution in [0.3, 0.4) is 0 Å². The van der Waals surface area contributed by atoms with E-state index in [9.17, 15) is 9.59 Å². The number of nitrogens with one attached hydrogen (secondary N) is 1. The van der Waals surface area contributed by atoms with E-state index in [0.29, 0.717) is 16.8 Å². The van der Waals surface area contributed by atoms with Gasteiger partial charge in [-0.1, -0.05) is 61.7 Å². The molecule has 1 atom stereocenters. The lowest BCUT2D eigenvalue weighted by Crippen LogP contribution is -2.36. The summed E-state index contributed by atoms with van der Waals surface area (Å²) in [5.41, 5.74) is 5.89. The van der Waals surface area contributed by atoms with Crippen LogP contribution in [-0.4, -0.2) is 27.0 Å². The number of anilines is 1. The van der Waals surface area contributed by atoms with Crippen LogP contribution in [0.5, 0.6) is 0 Å². The second-order valence-electron chi connectivity index (χ2n) is 9.20. The highest BCUT2D eigenvalue weighted by Crippen LogP contribution is 2.30. The van der Waals surface area contributed by atoms with Gasteiger partial charge in [0.2, 0.25) is 5.91 Å². The molecule has 2 N–H and O–H groups in total. The van der Waals surface area contributed by atoms with Gasteiger partial charge in [-0.25, -0.2) is 9.78 Å². The van der Waals surface area contributed by atoms with E-state index in [1.165, 1.54) is 6.08 Å². The predicted octanol–water partition coefficient (Wildman–Crippen LogP) is 6.44. The van der Waals surface area contributed by atoms with Crippen LogP contribution in [0.15, 0.2) is 79.1 Å². The van der Waals surface area contributed by atoms with Gasteiger partial charge in [0.25, 0.3) is 0 Å². The van der Waals surface area contributed by atoms with E-state index in [0.717, 1.165) is 60.3 Å². The summed E-state index contributed by atoms with van der Waals surface area (Å²) >= 11 is 0. The molecule has 6 nitrogen and oxygen atoms in total. The molecule has 182 valence electrons. The second-order valence-corrected chi connectivity index (χ2v) is 9.20. The molecule has 0 radical (unpaired) electrons. The first kappa shape index (κ1) is 22.3. The Bertz CT molecular complexity index is 1440. The average molecular weight is 481 g/mol. The number of carbonyl (C=O) groups excluding carboxylic acids is 1. The van der Waals surface area contributed by atoms with Crippen molar-refractivity contribution < 1.29 is 16.1 Å². The fraction of sp³-hybridized carbons (Fsp3) is 0.233. The number of benzene rings is 3. The molecule has 0 aliphatic heterocycles. The average Bonchev–Trinajstić information content (AvgIpc) is 3.41. The molecule has 5 rings (SSSR count). The zero-order valence-electron chi connectivity index (χ0n) is 20.9. The summed E-state index contributed by atoms with van der Waals surface area (Å²) in [6.45, 7) is -0.933. The Morgan fingerprint density at radius 3 is 2.58 bits per heavy atom. The fourth-order valence-electron chi connectivity index (χ4n) is 4.78. The van der Waals surface area contributed by atoms with Crippen LogP contribution in [0.4, 0.5) is 5.69 Å². The van der Waals surface area contributed by atoms with E-state index in [2.05, 4.69) is 9.97 Å². The summed E-state index contributed by atoms with van der Waals surface area (Å²) in [7, 11) is 0. The maximum Gasteiger partial charge on any atom is 0.328 e.